The van der Waals surface area contributed by atoms with Crippen LogP contribution in [0.5, 0.6) is 0 Å². The summed E-state index contributed by atoms with van der Waals surface area (Å²) in [5.41, 5.74) is 7.30. The summed E-state index contributed by atoms with van der Waals surface area (Å²) < 4.78 is 5.74. The molecule has 0 aromatic heterocycles. The number of cyclic esters (lactones) is 1. The summed E-state index contributed by atoms with van der Waals surface area (Å²) in [6, 6.07) is 10.1. The predicted molar refractivity (Wildman–Crippen MR) is 91.8 cm³/mol. The van der Waals surface area contributed by atoms with Crippen LogP contribution in [0.2, 0.25) is 0 Å². The lowest BCUT2D eigenvalue weighted by Crippen LogP contribution is -2.37. The van der Waals surface area contributed by atoms with E-state index in [9.17, 15) is 4.79 Å². The molecule has 1 saturated carbocycles. The SMILES string of the molecule is CC1OC(=O)C(N)CCCC(CC2CC2)C1Cc1ccccc1. The lowest BCUT2D eigenvalue weighted by molar-refractivity contribution is -0.153. The molecule has 0 bridgehead atoms. The Bertz CT molecular complexity index is 512. The minimum Gasteiger partial charge on any atom is -0.461 e. The molecule has 0 radical (unpaired) electrons. The highest BCUT2D eigenvalue weighted by Crippen LogP contribution is 2.41. The summed E-state index contributed by atoms with van der Waals surface area (Å²) in [4.78, 5) is 12.1. The molecule has 2 aliphatic rings. The van der Waals surface area contributed by atoms with Crippen molar-refractivity contribution in [1.29, 1.82) is 0 Å². The van der Waals surface area contributed by atoms with Gasteiger partial charge in [0.15, 0.2) is 0 Å². The fourth-order valence-corrected chi connectivity index (χ4v) is 3.97. The topological polar surface area (TPSA) is 52.3 Å². The molecule has 1 aliphatic carbocycles. The van der Waals surface area contributed by atoms with Crippen molar-refractivity contribution in [2.45, 2.75) is 64.0 Å². The van der Waals surface area contributed by atoms with Gasteiger partial charge in [-0.15, -0.1) is 0 Å². The molecule has 4 atom stereocenters. The van der Waals surface area contributed by atoms with Gasteiger partial charge in [-0.3, -0.25) is 4.79 Å². The van der Waals surface area contributed by atoms with Gasteiger partial charge in [-0.05, 0) is 50.0 Å². The Morgan fingerprint density at radius 1 is 1.13 bits per heavy atom. The Labute approximate surface area is 139 Å². The lowest BCUT2D eigenvalue weighted by Gasteiger charge is -2.31. The molecule has 4 unspecified atom stereocenters. The Kier molecular flexibility index (Phi) is 5.37. The van der Waals surface area contributed by atoms with Crippen LogP contribution in [0.25, 0.3) is 0 Å². The van der Waals surface area contributed by atoms with Crippen LogP contribution in [0.3, 0.4) is 0 Å². The van der Waals surface area contributed by atoms with E-state index in [1.807, 2.05) is 0 Å². The number of carbonyl (C=O) groups excluding carboxylic acids is 1. The largest absolute Gasteiger partial charge is 0.461 e. The third kappa shape index (κ3) is 4.57. The normalized spacial score (nSPS) is 32.5. The van der Waals surface area contributed by atoms with Crippen molar-refractivity contribution in [3.63, 3.8) is 0 Å². The van der Waals surface area contributed by atoms with Gasteiger partial charge < -0.3 is 10.5 Å². The van der Waals surface area contributed by atoms with Gasteiger partial charge in [0.1, 0.15) is 12.1 Å². The van der Waals surface area contributed by atoms with Crippen molar-refractivity contribution < 1.29 is 9.53 Å². The van der Waals surface area contributed by atoms with Gasteiger partial charge in [0.05, 0.1) is 0 Å². The molecule has 126 valence electrons. The number of hydrogen-bond acceptors (Lipinski definition) is 3. The van der Waals surface area contributed by atoms with Gasteiger partial charge in [-0.2, -0.15) is 0 Å². The van der Waals surface area contributed by atoms with Gasteiger partial charge in [0, 0.05) is 5.92 Å². The highest BCUT2D eigenvalue weighted by Gasteiger charge is 2.35. The number of benzene rings is 1. The number of carbonyl (C=O) groups is 1. The summed E-state index contributed by atoms with van der Waals surface area (Å²) in [7, 11) is 0. The van der Waals surface area contributed by atoms with Crippen LogP contribution in [0.15, 0.2) is 30.3 Å². The zero-order valence-corrected chi connectivity index (χ0v) is 14.1. The van der Waals surface area contributed by atoms with Crippen molar-refractivity contribution in [1.82, 2.24) is 0 Å². The van der Waals surface area contributed by atoms with E-state index in [0.717, 1.165) is 25.2 Å². The molecule has 0 spiro atoms. The average Bonchev–Trinajstić information content (AvgIpc) is 3.35. The maximum atomic E-state index is 12.1. The van der Waals surface area contributed by atoms with E-state index in [0.29, 0.717) is 11.8 Å². The standard InChI is InChI=1S/C20H29NO2/c1-14-18(13-15-6-3-2-4-7-15)17(12-16-10-11-16)8-5-9-19(21)20(22)23-14/h2-4,6-7,14,16-19H,5,8-13,21H2,1H3. The molecule has 2 N–H and O–H groups in total. The number of rotatable bonds is 4. The van der Waals surface area contributed by atoms with Crippen LogP contribution in [0, 0.1) is 17.8 Å². The van der Waals surface area contributed by atoms with E-state index in [4.69, 9.17) is 10.5 Å². The third-order valence-electron chi connectivity index (χ3n) is 5.55. The van der Waals surface area contributed by atoms with Crippen LogP contribution >= 0.6 is 0 Å². The highest BCUT2D eigenvalue weighted by molar-refractivity contribution is 5.75. The van der Waals surface area contributed by atoms with Crippen LogP contribution < -0.4 is 5.73 Å². The van der Waals surface area contributed by atoms with Crippen LogP contribution in [0.1, 0.15) is 51.0 Å². The van der Waals surface area contributed by atoms with E-state index < -0.39 is 6.04 Å². The Morgan fingerprint density at radius 2 is 1.87 bits per heavy atom. The van der Waals surface area contributed by atoms with Crippen molar-refractivity contribution >= 4 is 5.97 Å². The summed E-state index contributed by atoms with van der Waals surface area (Å²) in [5, 5.41) is 0. The van der Waals surface area contributed by atoms with Crippen LogP contribution in [0.4, 0.5) is 0 Å². The molecule has 3 nitrogen and oxygen atoms in total. The molecule has 2 fully saturated rings. The highest BCUT2D eigenvalue weighted by atomic mass is 16.5. The molecule has 0 amide bonds. The summed E-state index contributed by atoms with van der Waals surface area (Å²) in [6.45, 7) is 2.06. The molecule has 1 saturated heterocycles. The molecule has 1 aromatic rings. The van der Waals surface area contributed by atoms with E-state index in [2.05, 4.69) is 37.3 Å². The van der Waals surface area contributed by atoms with Crippen molar-refractivity contribution in [2.75, 3.05) is 0 Å². The Morgan fingerprint density at radius 3 is 2.57 bits per heavy atom. The first-order valence-corrected chi connectivity index (χ1v) is 9.13. The van der Waals surface area contributed by atoms with Crippen LogP contribution in [-0.2, 0) is 16.0 Å². The van der Waals surface area contributed by atoms with Gasteiger partial charge in [0.25, 0.3) is 0 Å². The Hall–Kier alpha value is -1.35. The number of hydrogen-bond donors (Lipinski definition) is 1. The lowest BCUT2D eigenvalue weighted by atomic mass is 9.77. The fourth-order valence-electron chi connectivity index (χ4n) is 3.97. The van der Waals surface area contributed by atoms with Gasteiger partial charge >= 0.3 is 5.97 Å². The van der Waals surface area contributed by atoms with E-state index in [1.165, 1.54) is 31.2 Å². The van der Waals surface area contributed by atoms with E-state index >= 15 is 0 Å². The van der Waals surface area contributed by atoms with Gasteiger partial charge in [-0.1, -0.05) is 49.6 Å². The van der Waals surface area contributed by atoms with Crippen molar-refractivity contribution in [3.8, 4) is 0 Å². The van der Waals surface area contributed by atoms with Crippen molar-refractivity contribution in [3.05, 3.63) is 35.9 Å². The molecule has 23 heavy (non-hydrogen) atoms. The molecule has 1 aromatic carbocycles. The minimum absolute atomic E-state index is 0.0596. The van der Waals surface area contributed by atoms with Gasteiger partial charge in [0.2, 0.25) is 0 Å². The zero-order valence-electron chi connectivity index (χ0n) is 14.1. The maximum absolute atomic E-state index is 12.1. The quantitative estimate of drug-likeness (QED) is 0.862. The molecule has 1 aliphatic heterocycles. The fraction of sp³-hybridized carbons (Fsp3) is 0.650. The maximum Gasteiger partial charge on any atom is 0.323 e. The molecule has 3 rings (SSSR count). The van der Waals surface area contributed by atoms with Crippen molar-refractivity contribution in [2.24, 2.45) is 23.5 Å². The number of nitrogens with two attached hydrogens (primary N) is 1. The second-order valence-corrected chi connectivity index (χ2v) is 7.47. The summed E-state index contributed by atoms with van der Waals surface area (Å²) >= 11 is 0. The van der Waals surface area contributed by atoms with E-state index in [-0.39, 0.29) is 12.1 Å². The number of esters is 1. The minimum atomic E-state index is -0.450. The average molecular weight is 315 g/mol. The first-order chi connectivity index (χ1) is 11.1. The predicted octanol–water partition coefficient (Wildman–Crippen LogP) is 3.70. The zero-order chi connectivity index (χ0) is 16.2. The molecular weight excluding hydrogens is 286 g/mol. The summed E-state index contributed by atoms with van der Waals surface area (Å²) in [6.07, 6.45) is 7.93. The third-order valence-corrected chi connectivity index (χ3v) is 5.55. The molecule has 3 heteroatoms. The second-order valence-electron chi connectivity index (χ2n) is 7.47. The first-order valence-electron chi connectivity index (χ1n) is 9.13. The Balaban J connectivity index is 1.78. The first kappa shape index (κ1) is 16.5. The molecule has 1 heterocycles. The second kappa shape index (κ2) is 7.48. The monoisotopic (exact) mass is 315 g/mol. The molecular formula is C20H29NO2. The summed E-state index contributed by atoms with van der Waals surface area (Å²) in [5.74, 6) is 1.71. The van der Waals surface area contributed by atoms with Gasteiger partial charge in [-0.25, -0.2) is 0 Å². The van der Waals surface area contributed by atoms with E-state index in [1.54, 1.807) is 0 Å². The smallest absolute Gasteiger partial charge is 0.323 e. The number of ether oxygens (including phenoxy) is 1. The van der Waals surface area contributed by atoms with Crippen LogP contribution in [-0.4, -0.2) is 18.1 Å².